The number of carboxylic acid groups (broad SMARTS) is 1. The fraction of sp³-hybridized carbons (Fsp3) is 0.333. The molecule has 2 aliphatic rings. The van der Waals surface area contributed by atoms with Crippen molar-refractivity contribution >= 4 is 55.6 Å². The number of amides is 1. The summed E-state index contributed by atoms with van der Waals surface area (Å²) in [4.78, 5) is 35.6. The van der Waals surface area contributed by atoms with Crippen LogP contribution in [0.15, 0.2) is 106 Å². The Hall–Kier alpha value is -6.90. The van der Waals surface area contributed by atoms with Crippen LogP contribution in [-0.2, 0) is 13.2 Å². The van der Waals surface area contributed by atoms with Gasteiger partial charge in [0.15, 0.2) is 0 Å². The third-order valence-electron chi connectivity index (χ3n) is 12.6. The molecule has 14 heteroatoms. The van der Waals surface area contributed by atoms with Gasteiger partial charge >= 0.3 is 5.97 Å². The van der Waals surface area contributed by atoms with Crippen molar-refractivity contribution in [2.75, 3.05) is 53.5 Å². The lowest BCUT2D eigenvalue weighted by molar-refractivity contribution is 0.0691. The van der Waals surface area contributed by atoms with E-state index in [9.17, 15) is 9.59 Å². The molecule has 0 radical (unpaired) electrons. The van der Waals surface area contributed by atoms with Crippen LogP contribution >= 0.6 is 0 Å². The first kappa shape index (κ1) is 43.4. The normalized spacial score (nSPS) is 15.2. The molecule has 4 N–H and O–H groups in total. The van der Waals surface area contributed by atoms with Gasteiger partial charge in [0.25, 0.3) is 5.91 Å². The number of piperidine rings is 1. The topological polar surface area (TPSA) is 168 Å². The number of nitrogens with zero attached hydrogens (tertiary/aromatic N) is 2. The number of aromatic amines is 2. The van der Waals surface area contributed by atoms with E-state index in [1.54, 1.807) is 32.8 Å². The van der Waals surface area contributed by atoms with Crippen molar-refractivity contribution in [1.29, 1.82) is 0 Å². The monoisotopic (exact) mass is 881 g/mol. The summed E-state index contributed by atoms with van der Waals surface area (Å²) in [5.41, 5.74) is 5.67. The number of aromatic nitrogens is 2. The number of aromatic carboxylic acids is 1. The molecule has 338 valence electrons. The van der Waals surface area contributed by atoms with Crippen LogP contribution < -0.4 is 24.3 Å². The summed E-state index contributed by atoms with van der Waals surface area (Å²) in [5, 5.41) is 15.9. The first-order valence-electron chi connectivity index (χ1n) is 22.4. The smallest absolute Gasteiger partial charge is 0.352 e. The van der Waals surface area contributed by atoms with E-state index in [4.69, 9.17) is 32.9 Å². The van der Waals surface area contributed by atoms with Crippen molar-refractivity contribution in [3.8, 4) is 23.0 Å². The summed E-state index contributed by atoms with van der Waals surface area (Å²) in [5.74, 6) is 1.79. The minimum absolute atomic E-state index is 0.0573. The molecule has 2 fully saturated rings. The molecule has 14 nitrogen and oxygen atoms in total. The quantitative estimate of drug-likeness (QED) is 0.0821. The molecule has 0 aliphatic carbocycles. The zero-order valence-electron chi connectivity index (χ0n) is 36.8. The first-order chi connectivity index (χ1) is 31.8. The van der Waals surface area contributed by atoms with E-state index in [1.165, 1.54) is 45.3 Å². The number of methoxy groups -OCH3 is 2. The minimum Gasteiger partial charge on any atom is -0.497 e. The molecule has 4 aromatic carbocycles. The Kier molecular flexibility index (Phi) is 13.3. The highest BCUT2D eigenvalue weighted by Crippen LogP contribution is 2.32. The Morgan fingerprint density at radius 2 is 1.15 bits per heavy atom. The summed E-state index contributed by atoms with van der Waals surface area (Å²) in [6.45, 7) is 7.53. The molecule has 6 heterocycles. The number of benzene rings is 4. The van der Waals surface area contributed by atoms with Crippen molar-refractivity contribution in [1.82, 2.24) is 25.1 Å². The molecule has 0 saturated carbocycles. The number of fused-ring (bicyclic) bond motifs is 4. The van der Waals surface area contributed by atoms with Crippen molar-refractivity contribution in [2.24, 2.45) is 0 Å². The van der Waals surface area contributed by atoms with Crippen LogP contribution in [0.4, 0.5) is 0 Å². The summed E-state index contributed by atoms with van der Waals surface area (Å²) in [7, 11) is 3.27. The van der Waals surface area contributed by atoms with Gasteiger partial charge in [-0.05, 0) is 112 Å². The van der Waals surface area contributed by atoms with E-state index in [0.29, 0.717) is 30.2 Å². The van der Waals surface area contributed by atoms with Gasteiger partial charge in [-0.1, -0.05) is 25.0 Å². The molecule has 1 amide bonds. The number of H-pyrrole nitrogens is 2. The molecule has 8 aromatic rings. The molecule has 0 spiro atoms. The Balaban J connectivity index is 0.000000182. The molecule has 65 heavy (non-hydrogen) atoms. The van der Waals surface area contributed by atoms with Crippen molar-refractivity contribution in [2.45, 2.75) is 57.8 Å². The number of rotatable bonds is 14. The zero-order valence-corrected chi connectivity index (χ0v) is 36.8. The van der Waals surface area contributed by atoms with E-state index in [2.05, 4.69) is 25.1 Å². The number of carboxylic acids is 1. The van der Waals surface area contributed by atoms with E-state index < -0.39 is 5.97 Å². The van der Waals surface area contributed by atoms with E-state index >= 15 is 0 Å². The first-order valence-corrected chi connectivity index (χ1v) is 22.4. The van der Waals surface area contributed by atoms with E-state index in [0.717, 1.165) is 99.1 Å². The summed E-state index contributed by atoms with van der Waals surface area (Å²) in [6.07, 6.45) is 10.8. The van der Waals surface area contributed by atoms with Gasteiger partial charge in [-0.15, -0.1) is 0 Å². The van der Waals surface area contributed by atoms with E-state index in [-0.39, 0.29) is 17.6 Å². The molecule has 2 aliphatic heterocycles. The van der Waals surface area contributed by atoms with Gasteiger partial charge in [0.05, 0.1) is 26.7 Å². The third-order valence-corrected chi connectivity index (χ3v) is 12.6. The fourth-order valence-electron chi connectivity index (χ4n) is 8.86. The maximum atomic E-state index is 13.2. The number of hydrogen-bond donors (Lipinski definition) is 4. The molecule has 0 atom stereocenters. The standard InChI is InChI=1S/C32H40N4O4.C19H15NO5/c1-38-25-9-10-31-26(19-25)23(22-40-31)21-39-30-8-6-7-28-27(30)20-29(34-28)32(37)33-24-11-15-36(16-12-24)18-17-35-13-4-2-3-5-14-35;1-23-12-5-6-18-13(7-12)11(10-25-18)9-24-17-4-2-3-15-14(17)8-16(20-15)19(21)22/h6-10,19-20,22,24,34H,2-5,11-18,21H2,1H3,(H,33,37);2-8,10,20H,9H2,1H3,(H,21,22). The Morgan fingerprint density at radius 1 is 0.646 bits per heavy atom. The number of furan rings is 2. The van der Waals surface area contributed by atoms with Gasteiger partial charge < -0.3 is 58.0 Å². The second-order valence-corrected chi connectivity index (χ2v) is 16.8. The SMILES string of the molecule is COc1ccc2occ(COc3cccc4[nH]c(C(=O)NC5CCN(CCN6CCCCCC6)CC5)cc34)c2c1.COc1ccc2occ(COc3cccc4[nH]c(C(=O)O)cc34)c2c1. The number of likely N-dealkylation sites (tertiary alicyclic amines) is 2. The molecule has 10 rings (SSSR count). The van der Waals surface area contributed by atoms with Crippen molar-refractivity contribution in [3.63, 3.8) is 0 Å². The van der Waals surface area contributed by atoms with Crippen molar-refractivity contribution < 1.29 is 42.5 Å². The number of carbonyl (C=O) groups is 2. The van der Waals surface area contributed by atoms with Gasteiger partial charge in [-0.25, -0.2) is 4.79 Å². The molecule has 0 unspecified atom stereocenters. The Labute approximate surface area is 376 Å². The molecule has 0 bridgehead atoms. The van der Waals surface area contributed by atoms with Crippen LogP contribution in [0.2, 0.25) is 0 Å². The second kappa shape index (κ2) is 19.9. The van der Waals surface area contributed by atoms with Gasteiger partial charge in [0, 0.05) is 75.9 Å². The number of ether oxygens (including phenoxy) is 4. The third kappa shape index (κ3) is 10.1. The lowest BCUT2D eigenvalue weighted by Gasteiger charge is -2.33. The van der Waals surface area contributed by atoms with Gasteiger partial charge in [0.2, 0.25) is 0 Å². The second-order valence-electron chi connectivity index (χ2n) is 16.8. The summed E-state index contributed by atoms with van der Waals surface area (Å²) < 4.78 is 34.0. The van der Waals surface area contributed by atoms with Crippen LogP contribution in [0.25, 0.3) is 43.7 Å². The predicted molar refractivity (Wildman–Crippen MR) is 250 cm³/mol. The maximum absolute atomic E-state index is 13.2. The summed E-state index contributed by atoms with van der Waals surface area (Å²) >= 11 is 0. The average molecular weight is 882 g/mol. The number of nitrogens with one attached hydrogen (secondary N) is 3. The average Bonchev–Trinajstić information content (AvgIpc) is 4.12. The summed E-state index contributed by atoms with van der Waals surface area (Å²) in [6, 6.07) is 26.3. The van der Waals surface area contributed by atoms with Gasteiger partial charge in [-0.2, -0.15) is 0 Å². The van der Waals surface area contributed by atoms with Crippen LogP contribution in [0, 0.1) is 0 Å². The minimum atomic E-state index is -1.00. The number of hydrogen-bond acceptors (Lipinski definition) is 10. The van der Waals surface area contributed by atoms with Crippen LogP contribution in [0.5, 0.6) is 23.0 Å². The highest BCUT2D eigenvalue weighted by Gasteiger charge is 2.23. The van der Waals surface area contributed by atoms with E-state index in [1.807, 2.05) is 78.9 Å². The lowest BCUT2D eigenvalue weighted by atomic mass is 10.0. The molecule has 4 aromatic heterocycles. The maximum Gasteiger partial charge on any atom is 0.352 e. The fourth-order valence-corrected chi connectivity index (χ4v) is 8.86. The number of carbonyl (C=O) groups excluding carboxylic acids is 1. The zero-order chi connectivity index (χ0) is 44.7. The molecular weight excluding hydrogens is 827 g/mol. The van der Waals surface area contributed by atoms with Crippen LogP contribution in [-0.4, -0.2) is 96.3 Å². The van der Waals surface area contributed by atoms with Crippen molar-refractivity contribution in [3.05, 3.63) is 120 Å². The largest absolute Gasteiger partial charge is 0.497 e. The lowest BCUT2D eigenvalue weighted by Crippen LogP contribution is -2.46. The van der Waals surface area contributed by atoms with Gasteiger partial charge in [0.1, 0.15) is 58.8 Å². The Morgan fingerprint density at radius 3 is 1.68 bits per heavy atom. The Bertz CT molecular complexity index is 2890. The molecular formula is C51H55N5O9. The highest BCUT2D eigenvalue weighted by molar-refractivity contribution is 6.00. The van der Waals surface area contributed by atoms with Crippen LogP contribution in [0.3, 0.4) is 0 Å². The predicted octanol–water partition coefficient (Wildman–Crippen LogP) is 9.77. The van der Waals surface area contributed by atoms with Gasteiger partial charge in [-0.3, -0.25) is 4.79 Å². The molecule has 2 saturated heterocycles. The highest BCUT2D eigenvalue weighted by atomic mass is 16.5. The van der Waals surface area contributed by atoms with Crippen LogP contribution in [0.1, 0.15) is 70.6 Å².